The van der Waals surface area contributed by atoms with E-state index in [1.807, 2.05) is 18.2 Å². The second-order valence-corrected chi connectivity index (χ2v) is 8.64. The number of β-lactam (4-membered cyclic amide) rings is 1. The van der Waals surface area contributed by atoms with E-state index >= 15 is 0 Å². The molecule has 2 unspecified atom stereocenters. The molecule has 11 heteroatoms. The van der Waals surface area contributed by atoms with Crippen molar-refractivity contribution in [1.29, 1.82) is 0 Å². The molecule has 0 saturated carbocycles. The van der Waals surface area contributed by atoms with Crippen LogP contribution in [0, 0.1) is 10.1 Å². The van der Waals surface area contributed by atoms with Crippen molar-refractivity contribution in [2.24, 2.45) is 0 Å². The first-order valence-corrected chi connectivity index (χ1v) is 11.2. The normalized spacial score (nSPS) is 20.9. The van der Waals surface area contributed by atoms with E-state index in [0.717, 1.165) is 5.56 Å². The molecular weight excluding hydrogens is 462 g/mol. The summed E-state index contributed by atoms with van der Waals surface area (Å²) in [5, 5.41) is 14.4. The van der Waals surface area contributed by atoms with E-state index in [1.54, 1.807) is 12.1 Å². The fourth-order valence-corrected chi connectivity index (χ4v) is 4.89. The smallest absolute Gasteiger partial charge is 0.334 e. The van der Waals surface area contributed by atoms with Gasteiger partial charge in [-0.2, -0.15) is 0 Å². The zero-order valence-electron chi connectivity index (χ0n) is 17.7. The number of fused-ring (bicyclic) bond motifs is 1. The predicted molar refractivity (Wildman–Crippen MR) is 121 cm³/mol. The van der Waals surface area contributed by atoms with Gasteiger partial charge in [0.05, 0.1) is 11.3 Å². The minimum atomic E-state index is -1.23. The number of nitrogens with zero attached hydrogens (tertiary/aromatic N) is 2. The third-order valence-electron chi connectivity index (χ3n) is 5.43. The minimum Gasteiger partial charge on any atom is -0.459 e. The number of aldehydes is 1. The van der Waals surface area contributed by atoms with Crippen molar-refractivity contribution in [2.45, 2.75) is 30.5 Å². The first-order chi connectivity index (χ1) is 16.4. The van der Waals surface area contributed by atoms with Gasteiger partial charge in [-0.3, -0.25) is 24.5 Å². The van der Waals surface area contributed by atoms with Gasteiger partial charge >= 0.3 is 5.97 Å². The van der Waals surface area contributed by atoms with E-state index in [-0.39, 0.29) is 30.2 Å². The Hall–Kier alpha value is -3.99. The molecule has 4 rings (SSSR count). The number of carbonyl (C=O) groups excluding carboxylic acids is 4. The second kappa shape index (κ2) is 9.87. The van der Waals surface area contributed by atoms with Gasteiger partial charge in [0.15, 0.2) is 6.04 Å². The molecule has 1 N–H and O–H groups in total. The van der Waals surface area contributed by atoms with Crippen molar-refractivity contribution >= 4 is 41.5 Å². The van der Waals surface area contributed by atoms with Crippen LogP contribution in [-0.2, 0) is 36.9 Å². The summed E-state index contributed by atoms with van der Waals surface area (Å²) in [6.45, 7) is -0.184. The highest BCUT2D eigenvalue weighted by Gasteiger charge is 2.56. The van der Waals surface area contributed by atoms with E-state index in [4.69, 9.17) is 4.74 Å². The van der Waals surface area contributed by atoms with Crippen LogP contribution in [0.15, 0.2) is 65.6 Å². The highest BCUT2D eigenvalue weighted by Crippen LogP contribution is 2.40. The number of carbonyl (C=O) groups is 4. The monoisotopic (exact) mass is 481 g/mol. The van der Waals surface area contributed by atoms with Gasteiger partial charge in [-0.25, -0.2) is 4.79 Å². The number of non-ortho nitro benzene ring substituents is 1. The molecule has 2 aromatic rings. The predicted octanol–water partition coefficient (Wildman–Crippen LogP) is 1.73. The Kier molecular flexibility index (Phi) is 6.73. The minimum absolute atomic E-state index is 0.0809. The number of nitro benzene ring substituents is 1. The molecule has 0 aromatic heterocycles. The summed E-state index contributed by atoms with van der Waals surface area (Å²) in [4.78, 5) is 61.0. The van der Waals surface area contributed by atoms with Crippen LogP contribution in [0.3, 0.4) is 0 Å². The van der Waals surface area contributed by atoms with Crippen molar-refractivity contribution in [3.63, 3.8) is 0 Å². The molecule has 0 spiro atoms. The van der Waals surface area contributed by atoms with E-state index in [2.05, 4.69) is 5.32 Å². The van der Waals surface area contributed by atoms with Crippen LogP contribution in [0.25, 0.3) is 0 Å². The quantitative estimate of drug-likeness (QED) is 0.198. The Labute approximate surface area is 198 Å². The van der Waals surface area contributed by atoms with Crippen LogP contribution in [0.2, 0.25) is 0 Å². The Morgan fingerprint density at radius 2 is 1.82 bits per heavy atom. The van der Waals surface area contributed by atoms with Gasteiger partial charge in [-0.05, 0) is 28.7 Å². The van der Waals surface area contributed by atoms with Gasteiger partial charge in [0.25, 0.3) is 5.69 Å². The molecule has 0 bridgehead atoms. The Bertz CT molecular complexity index is 1170. The number of rotatable bonds is 8. The van der Waals surface area contributed by atoms with Crippen molar-refractivity contribution in [1.82, 2.24) is 10.2 Å². The summed E-state index contributed by atoms with van der Waals surface area (Å²) >= 11 is 1.17. The zero-order chi connectivity index (χ0) is 24.2. The van der Waals surface area contributed by atoms with Crippen LogP contribution in [0.4, 0.5) is 5.69 Å². The van der Waals surface area contributed by atoms with Crippen molar-refractivity contribution < 1.29 is 28.8 Å². The molecule has 0 aliphatic carbocycles. The van der Waals surface area contributed by atoms with Gasteiger partial charge in [-0.1, -0.05) is 30.3 Å². The number of nitrogens with one attached hydrogen (secondary N) is 1. The van der Waals surface area contributed by atoms with Crippen LogP contribution in [0.5, 0.6) is 0 Å². The van der Waals surface area contributed by atoms with Crippen LogP contribution in [0.1, 0.15) is 11.1 Å². The van der Waals surface area contributed by atoms with Crippen molar-refractivity contribution in [3.05, 3.63) is 86.8 Å². The average molecular weight is 481 g/mol. The highest BCUT2D eigenvalue weighted by molar-refractivity contribution is 8.03. The lowest BCUT2D eigenvalue weighted by molar-refractivity contribution is -0.384. The molecule has 2 aliphatic heterocycles. The van der Waals surface area contributed by atoms with E-state index in [1.165, 1.54) is 46.3 Å². The molecule has 3 atom stereocenters. The molecule has 2 aromatic carbocycles. The second-order valence-electron chi connectivity index (χ2n) is 7.65. The fraction of sp³-hybridized carbons (Fsp3) is 0.217. The Morgan fingerprint density at radius 3 is 2.47 bits per heavy atom. The van der Waals surface area contributed by atoms with Crippen LogP contribution >= 0.6 is 11.8 Å². The van der Waals surface area contributed by atoms with Gasteiger partial charge in [0.2, 0.25) is 11.8 Å². The highest BCUT2D eigenvalue weighted by atomic mass is 32.2. The third kappa shape index (κ3) is 4.69. The largest absolute Gasteiger partial charge is 0.459 e. The lowest BCUT2D eigenvalue weighted by Gasteiger charge is -2.51. The number of nitro groups is 1. The lowest BCUT2D eigenvalue weighted by atomic mass is 9.98. The number of hydrogen-bond acceptors (Lipinski definition) is 8. The molecule has 0 radical (unpaired) electrons. The third-order valence-corrected chi connectivity index (χ3v) is 6.62. The molecular formula is C23H19N3O7S. The Balaban J connectivity index is 1.40. The maximum Gasteiger partial charge on any atom is 0.334 e. The zero-order valence-corrected chi connectivity index (χ0v) is 18.5. The molecule has 10 nitrogen and oxygen atoms in total. The molecule has 1 fully saturated rings. The standard InChI is InChI=1S/C23H19N3O7S/c27-11-16-13-34-22-19(24-18(28)10-14-4-2-1-3-5-14)21(29)25(22)20(16)23(30)33-12-15-6-8-17(9-7-15)26(31)32/h1-9,11,13,19-20,22H,10,12H2,(H,24,28)/t19?,20?,22-/m0/s1. The molecule has 174 valence electrons. The molecule has 34 heavy (non-hydrogen) atoms. The van der Waals surface area contributed by atoms with Crippen LogP contribution < -0.4 is 5.32 Å². The number of hydrogen-bond donors (Lipinski definition) is 1. The molecule has 2 heterocycles. The maximum atomic E-state index is 12.8. The molecule has 2 amide bonds. The topological polar surface area (TPSA) is 136 Å². The number of ether oxygens (including phenoxy) is 1. The summed E-state index contributed by atoms with van der Waals surface area (Å²) in [5.74, 6) is -1.61. The summed E-state index contributed by atoms with van der Waals surface area (Å²) < 4.78 is 5.30. The van der Waals surface area contributed by atoms with Gasteiger partial charge in [0, 0.05) is 17.7 Å². The summed E-state index contributed by atoms with van der Waals surface area (Å²) in [7, 11) is 0. The summed E-state index contributed by atoms with van der Waals surface area (Å²) in [5.41, 5.74) is 1.30. The number of amides is 2. The first kappa shape index (κ1) is 23.2. The summed E-state index contributed by atoms with van der Waals surface area (Å²) in [6.07, 6.45) is 0.605. The number of esters is 1. The van der Waals surface area contributed by atoms with Gasteiger partial charge < -0.3 is 15.0 Å². The van der Waals surface area contributed by atoms with Crippen LogP contribution in [-0.4, -0.2) is 51.4 Å². The van der Waals surface area contributed by atoms with E-state index in [9.17, 15) is 29.3 Å². The molecule has 1 saturated heterocycles. The average Bonchev–Trinajstić information content (AvgIpc) is 2.85. The first-order valence-electron chi connectivity index (χ1n) is 10.2. The summed E-state index contributed by atoms with van der Waals surface area (Å²) in [6, 6.07) is 12.5. The number of benzene rings is 2. The lowest BCUT2D eigenvalue weighted by Crippen LogP contribution is -2.74. The maximum absolute atomic E-state index is 12.8. The van der Waals surface area contributed by atoms with E-state index < -0.39 is 34.3 Å². The fourth-order valence-electron chi connectivity index (χ4n) is 3.71. The van der Waals surface area contributed by atoms with Gasteiger partial charge in [0.1, 0.15) is 24.3 Å². The van der Waals surface area contributed by atoms with Crippen molar-refractivity contribution in [2.75, 3.05) is 0 Å². The number of thioether (sulfide) groups is 1. The van der Waals surface area contributed by atoms with E-state index in [0.29, 0.717) is 11.8 Å². The molecule has 2 aliphatic rings. The SMILES string of the molecule is O=CC1=CS[C@H]2C(NC(=O)Cc3ccccc3)C(=O)N2C1C(=O)OCc1ccc([N+](=O)[O-])cc1. The van der Waals surface area contributed by atoms with Gasteiger partial charge in [-0.15, -0.1) is 11.8 Å². The van der Waals surface area contributed by atoms with Crippen molar-refractivity contribution in [3.8, 4) is 0 Å². The Morgan fingerprint density at radius 1 is 1.12 bits per heavy atom.